The quantitative estimate of drug-likeness (QED) is 0.154. The molecule has 0 aliphatic carbocycles. The molecule has 0 saturated carbocycles. The fourth-order valence-corrected chi connectivity index (χ4v) is 12.8. The Labute approximate surface area is 427 Å². The molecule has 0 radical (unpaired) electrons. The maximum Gasteiger partial charge on any atom is -0.00137 e. The van der Waals surface area contributed by atoms with Crippen LogP contribution in [0.25, 0.3) is 163 Å². The summed E-state index contributed by atoms with van der Waals surface area (Å²) >= 11 is 0. The van der Waals surface area contributed by atoms with Gasteiger partial charge in [-0.25, -0.2) is 0 Å². The van der Waals surface area contributed by atoms with E-state index in [9.17, 15) is 0 Å². The second-order valence-electron chi connectivity index (χ2n) is 20.3. The van der Waals surface area contributed by atoms with Gasteiger partial charge in [-0.15, -0.1) is 0 Å². The van der Waals surface area contributed by atoms with Crippen LogP contribution in [0.1, 0.15) is 0 Å². The average molecular weight is 933 g/mol. The van der Waals surface area contributed by atoms with Crippen LogP contribution >= 0.6 is 0 Å². The molecular weight excluding hydrogens is 889 g/mol. The van der Waals surface area contributed by atoms with Gasteiger partial charge in [-0.2, -0.15) is 0 Å². The molecule has 0 atom stereocenters. The molecule has 16 rings (SSSR count). The van der Waals surface area contributed by atoms with Crippen molar-refractivity contribution in [3.63, 3.8) is 0 Å². The SMILES string of the molecule is c1ccc2cc(-c3ccc4cc(-c5ccc6c7ccccc7c7c8cc(-c9cc%10ccc(-c%11ccc%12ccccc%12c%11)cc%10c%10ccccc9%10)ccc8c8ccccc8c7c6c5)c5ccccc5c4c3)ccc2c1. The molecule has 0 bridgehead atoms. The first kappa shape index (κ1) is 41.0. The molecule has 16 aromatic rings. The molecule has 0 amide bonds. The molecule has 0 aromatic heterocycles. The Morgan fingerprint density at radius 3 is 0.838 bits per heavy atom. The van der Waals surface area contributed by atoms with Crippen LogP contribution < -0.4 is 0 Å². The topological polar surface area (TPSA) is 0 Å². The van der Waals surface area contributed by atoms with Crippen molar-refractivity contribution in [2.45, 2.75) is 0 Å². The van der Waals surface area contributed by atoms with Gasteiger partial charge in [0.15, 0.2) is 0 Å². The lowest BCUT2D eigenvalue weighted by Crippen LogP contribution is -1.91. The Bertz CT molecular complexity index is 4750. The molecule has 0 aliphatic rings. The van der Waals surface area contributed by atoms with Crippen LogP contribution in [0.4, 0.5) is 0 Å². The van der Waals surface area contributed by atoms with Gasteiger partial charge >= 0.3 is 0 Å². The highest BCUT2D eigenvalue weighted by Crippen LogP contribution is 2.48. The lowest BCUT2D eigenvalue weighted by molar-refractivity contribution is 1.67. The summed E-state index contributed by atoms with van der Waals surface area (Å²) in [6.07, 6.45) is 0. The summed E-state index contributed by atoms with van der Waals surface area (Å²) in [5.74, 6) is 0. The molecule has 16 aromatic carbocycles. The molecule has 0 aliphatic heterocycles. The third kappa shape index (κ3) is 6.22. The Morgan fingerprint density at radius 2 is 0.419 bits per heavy atom. The molecule has 0 saturated heterocycles. The minimum atomic E-state index is 1.22. The van der Waals surface area contributed by atoms with Crippen LogP contribution in [0, 0.1) is 0 Å². The van der Waals surface area contributed by atoms with Crippen LogP contribution in [-0.4, -0.2) is 0 Å². The van der Waals surface area contributed by atoms with E-state index in [0.717, 1.165) is 0 Å². The first-order chi connectivity index (χ1) is 36.7. The number of fused-ring (bicyclic) bond motifs is 19. The van der Waals surface area contributed by atoms with E-state index >= 15 is 0 Å². The van der Waals surface area contributed by atoms with Crippen molar-refractivity contribution in [2.24, 2.45) is 0 Å². The van der Waals surface area contributed by atoms with Crippen molar-refractivity contribution in [3.05, 3.63) is 267 Å². The van der Waals surface area contributed by atoms with Gasteiger partial charge in [0.25, 0.3) is 0 Å². The van der Waals surface area contributed by atoms with Crippen molar-refractivity contribution >= 4 is 118 Å². The second-order valence-corrected chi connectivity index (χ2v) is 20.3. The lowest BCUT2D eigenvalue weighted by Gasteiger charge is -2.19. The summed E-state index contributed by atoms with van der Waals surface area (Å²) in [6, 6.07) is 100. The first-order valence-electron chi connectivity index (χ1n) is 25.8. The number of rotatable bonds is 4. The molecule has 0 heteroatoms. The van der Waals surface area contributed by atoms with Crippen molar-refractivity contribution in [2.75, 3.05) is 0 Å². The van der Waals surface area contributed by atoms with Crippen LogP contribution in [0.3, 0.4) is 0 Å². The predicted molar refractivity (Wildman–Crippen MR) is 321 cm³/mol. The molecule has 0 fully saturated rings. The second kappa shape index (κ2) is 15.9. The Balaban J connectivity index is 0.912. The maximum absolute atomic E-state index is 2.49. The largest absolute Gasteiger partial charge is 0.0616 e. The zero-order chi connectivity index (χ0) is 48.4. The van der Waals surface area contributed by atoms with Gasteiger partial charge in [-0.05, 0) is 212 Å². The van der Waals surface area contributed by atoms with E-state index in [2.05, 4.69) is 267 Å². The Kier molecular flexibility index (Phi) is 8.84. The van der Waals surface area contributed by atoms with Gasteiger partial charge in [0, 0.05) is 0 Å². The smallest absolute Gasteiger partial charge is 0.00137 e. The zero-order valence-electron chi connectivity index (χ0n) is 40.4. The molecule has 0 unspecified atom stereocenters. The summed E-state index contributed by atoms with van der Waals surface area (Å²) < 4.78 is 0. The highest BCUT2D eigenvalue weighted by molar-refractivity contribution is 6.40. The zero-order valence-corrected chi connectivity index (χ0v) is 40.4. The van der Waals surface area contributed by atoms with E-state index in [0.29, 0.717) is 0 Å². The molecular formula is C74H44. The van der Waals surface area contributed by atoms with Gasteiger partial charge in [0.1, 0.15) is 0 Å². The molecule has 0 nitrogen and oxygen atoms in total. The van der Waals surface area contributed by atoms with Crippen LogP contribution in [0.2, 0.25) is 0 Å². The predicted octanol–water partition coefficient (Wildman–Crippen LogP) is 21.0. The standard InChI is InChI=1S/C74H44/c1-3-15-47-37-49(27-25-45(47)13-1)51-29-31-53-41-69(61-21-7-5-19-59(61)67(53)39-51)55-33-35-63-57-17-9-12-24-66(57)74-72-44-56(34-36-64(72)58-18-10-11-23-65(58)73(74)71(63)43-55)70-42-54-32-30-52(40-68(54)60-20-6-8-22-62(60)70)50-28-26-46-14-2-4-16-48(46)38-50/h1-44H. The van der Waals surface area contributed by atoms with Crippen molar-refractivity contribution in [1.29, 1.82) is 0 Å². The Hall–Kier alpha value is -9.62. The number of hydrogen-bond acceptors (Lipinski definition) is 0. The number of benzene rings is 16. The highest BCUT2D eigenvalue weighted by atomic mass is 14.2. The van der Waals surface area contributed by atoms with E-state index < -0.39 is 0 Å². The van der Waals surface area contributed by atoms with E-state index in [4.69, 9.17) is 0 Å². The summed E-state index contributed by atoms with van der Waals surface area (Å²) in [6.45, 7) is 0. The van der Waals surface area contributed by atoms with Gasteiger partial charge in [0.05, 0.1) is 0 Å². The van der Waals surface area contributed by atoms with Crippen LogP contribution in [0.5, 0.6) is 0 Å². The van der Waals surface area contributed by atoms with Gasteiger partial charge in [-0.3, -0.25) is 0 Å². The molecule has 0 spiro atoms. The normalized spacial score (nSPS) is 12.1. The summed E-state index contributed by atoms with van der Waals surface area (Å²) in [4.78, 5) is 0. The van der Waals surface area contributed by atoms with Crippen LogP contribution in [-0.2, 0) is 0 Å². The van der Waals surface area contributed by atoms with Crippen LogP contribution in [0.15, 0.2) is 267 Å². The lowest BCUT2D eigenvalue weighted by atomic mass is 9.84. The Morgan fingerprint density at radius 1 is 0.135 bits per heavy atom. The third-order valence-electron chi connectivity index (χ3n) is 16.3. The minimum absolute atomic E-state index is 1.22. The summed E-state index contributed by atoms with van der Waals surface area (Å²) in [5, 5.41) is 27.9. The van der Waals surface area contributed by atoms with E-state index in [1.807, 2.05) is 0 Å². The van der Waals surface area contributed by atoms with Crippen molar-refractivity contribution in [1.82, 2.24) is 0 Å². The van der Waals surface area contributed by atoms with Gasteiger partial charge < -0.3 is 0 Å². The maximum atomic E-state index is 2.49. The summed E-state index contributed by atoms with van der Waals surface area (Å²) in [7, 11) is 0. The van der Waals surface area contributed by atoms with Crippen molar-refractivity contribution in [3.8, 4) is 44.5 Å². The minimum Gasteiger partial charge on any atom is -0.0616 e. The molecule has 74 heavy (non-hydrogen) atoms. The first-order valence-corrected chi connectivity index (χ1v) is 25.8. The molecule has 0 N–H and O–H groups in total. The fourth-order valence-electron chi connectivity index (χ4n) is 12.8. The number of hydrogen-bond donors (Lipinski definition) is 0. The van der Waals surface area contributed by atoms with Gasteiger partial charge in [-0.1, -0.05) is 218 Å². The molecule has 0 heterocycles. The summed E-state index contributed by atoms with van der Waals surface area (Å²) in [5.41, 5.74) is 9.85. The van der Waals surface area contributed by atoms with Crippen molar-refractivity contribution < 1.29 is 0 Å². The molecule has 340 valence electrons. The highest BCUT2D eigenvalue weighted by Gasteiger charge is 2.20. The third-order valence-corrected chi connectivity index (χ3v) is 16.3. The van der Waals surface area contributed by atoms with E-state index in [1.165, 1.54) is 163 Å². The fraction of sp³-hybridized carbons (Fsp3) is 0. The van der Waals surface area contributed by atoms with E-state index in [1.54, 1.807) is 0 Å². The van der Waals surface area contributed by atoms with Gasteiger partial charge in [0.2, 0.25) is 0 Å². The average Bonchev–Trinajstić information content (AvgIpc) is 3.48. The van der Waals surface area contributed by atoms with E-state index in [-0.39, 0.29) is 0 Å². The monoisotopic (exact) mass is 932 g/mol.